The van der Waals surface area contributed by atoms with E-state index in [0.717, 1.165) is 19.6 Å². The van der Waals surface area contributed by atoms with E-state index in [2.05, 4.69) is 0 Å². The first kappa shape index (κ1) is 15.3. The molecule has 122 valence electrons. The van der Waals surface area contributed by atoms with Gasteiger partial charge in [0.15, 0.2) is 4.90 Å². The number of hydrogen-bond donors (Lipinski definition) is 0. The lowest BCUT2D eigenvalue weighted by Crippen LogP contribution is -2.44. The van der Waals surface area contributed by atoms with Gasteiger partial charge in [0.2, 0.25) is 0 Å². The molecule has 0 atom stereocenters. The lowest BCUT2D eigenvalue weighted by molar-refractivity contribution is 0.316. The van der Waals surface area contributed by atoms with Gasteiger partial charge >= 0.3 is 5.69 Å². The fourth-order valence-electron chi connectivity index (χ4n) is 2.46. The zero-order valence-corrected chi connectivity index (χ0v) is 13.4. The third-order valence-electron chi connectivity index (χ3n) is 3.67. The van der Waals surface area contributed by atoms with E-state index in [0.29, 0.717) is 11.4 Å². The van der Waals surface area contributed by atoms with E-state index >= 15 is 0 Å². The Morgan fingerprint density at radius 2 is 1.83 bits per heavy atom. The molecule has 0 bridgehead atoms. The average molecular weight is 337 g/mol. The van der Waals surface area contributed by atoms with Gasteiger partial charge in [-0.25, -0.2) is 13.2 Å². The molecule has 0 saturated heterocycles. The van der Waals surface area contributed by atoms with Crippen molar-refractivity contribution in [3.63, 3.8) is 0 Å². The third kappa shape index (κ3) is 2.33. The van der Waals surface area contributed by atoms with Crippen LogP contribution < -0.4 is 20.3 Å². The first-order valence-corrected chi connectivity index (χ1v) is 8.29. The molecule has 1 aliphatic heterocycles. The number of aromatic nitrogens is 2. The second kappa shape index (κ2) is 5.27. The van der Waals surface area contributed by atoms with Crippen molar-refractivity contribution >= 4 is 15.7 Å². The first-order valence-electron chi connectivity index (χ1n) is 6.85. The third-order valence-corrected chi connectivity index (χ3v) is 5.46. The summed E-state index contributed by atoms with van der Waals surface area (Å²) in [6.07, 6.45) is 1.05. The molecule has 0 radical (unpaired) electrons. The van der Waals surface area contributed by atoms with E-state index in [1.807, 2.05) is 0 Å². The predicted molar refractivity (Wildman–Crippen MR) is 83.4 cm³/mol. The molecule has 2 aromatic rings. The lowest BCUT2D eigenvalue weighted by atomic mass is 10.2. The van der Waals surface area contributed by atoms with Gasteiger partial charge in [-0.05, 0) is 12.1 Å². The van der Waals surface area contributed by atoms with Crippen molar-refractivity contribution in [2.75, 3.05) is 17.5 Å². The van der Waals surface area contributed by atoms with E-state index in [4.69, 9.17) is 4.74 Å². The summed E-state index contributed by atoms with van der Waals surface area (Å²) in [4.78, 5) is 23.6. The molecular formula is C14H15N3O5S. The van der Waals surface area contributed by atoms with Crippen LogP contribution in [0.3, 0.4) is 0 Å². The van der Waals surface area contributed by atoms with Gasteiger partial charge in [0.05, 0.1) is 12.2 Å². The van der Waals surface area contributed by atoms with E-state index in [1.165, 1.54) is 14.1 Å². The molecule has 1 aromatic carbocycles. The number of aryl methyl sites for hydroxylation is 1. The SMILES string of the molecule is Cn1cc(S(=O)(=O)N2CCOc3ccccc32)c(=O)n(C)c1=O. The van der Waals surface area contributed by atoms with Crippen LogP contribution in [0.4, 0.5) is 5.69 Å². The standard InChI is InChI=1S/C14H15N3O5S/c1-15-9-12(13(18)16(2)14(15)19)23(20,21)17-7-8-22-11-6-4-3-5-10(11)17/h3-6,9H,7-8H2,1-2H3. The Kier molecular flexibility index (Phi) is 3.52. The van der Waals surface area contributed by atoms with Crippen molar-refractivity contribution < 1.29 is 13.2 Å². The van der Waals surface area contributed by atoms with Crippen molar-refractivity contribution in [3.05, 3.63) is 51.3 Å². The summed E-state index contributed by atoms with van der Waals surface area (Å²) in [7, 11) is -1.46. The number of ether oxygens (including phenoxy) is 1. The van der Waals surface area contributed by atoms with Crippen LogP contribution in [0, 0.1) is 0 Å². The minimum Gasteiger partial charge on any atom is -0.489 e. The topological polar surface area (TPSA) is 90.6 Å². The fraction of sp³-hybridized carbons (Fsp3) is 0.286. The van der Waals surface area contributed by atoms with E-state index in [9.17, 15) is 18.0 Å². The van der Waals surface area contributed by atoms with Crippen LogP contribution in [0.15, 0.2) is 44.9 Å². The van der Waals surface area contributed by atoms with Gasteiger partial charge < -0.3 is 9.30 Å². The number of sulfonamides is 1. The smallest absolute Gasteiger partial charge is 0.330 e. The molecule has 2 heterocycles. The summed E-state index contributed by atoms with van der Waals surface area (Å²) < 4.78 is 34.3. The Hall–Kier alpha value is -2.55. The maximum Gasteiger partial charge on any atom is 0.330 e. The highest BCUT2D eigenvalue weighted by atomic mass is 32.2. The van der Waals surface area contributed by atoms with Crippen LogP contribution in [0.1, 0.15) is 0 Å². The summed E-state index contributed by atoms with van der Waals surface area (Å²) in [5.74, 6) is 0.434. The molecule has 0 aliphatic carbocycles. The molecule has 0 amide bonds. The van der Waals surface area contributed by atoms with Crippen molar-refractivity contribution in [1.29, 1.82) is 0 Å². The largest absolute Gasteiger partial charge is 0.489 e. The quantitative estimate of drug-likeness (QED) is 0.748. The van der Waals surface area contributed by atoms with Gasteiger partial charge in [-0.15, -0.1) is 0 Å². The number of benzene rings is 1. The Morgan fingerprint density at radius 1 is 1.13 bits per heavy atom. The van der Waals surface area contributed by atoms with Gasteiger partial charge in [-0.3, -0.25) is 13.7 Å². The number of para-hydroxylation sites is 2. The number of hydrogen-bond acceptors (Lipinski definition) is 5. The molecule has 0 spiro atoms. The number of rotatable bonds is 2. The molecule has 9 heteroatoms. The molecule has 0 saturated carbocycles. The van der Waals surface area contributed by atoms with Gasteiger partial charge in [-0.1, -0.05) is 12.1 Å². The summed E-state index contributed by atoms with van der Waals surface area (Å²) in [6, 6.07) is 6.70. The number of fused-ring (bicyclic) bond motifs is 1. The molecular weight excluding hydrogens is 322 g/mol. The maximum absolute atomic E-state index is 12.9. The Balaban J connectivity index is 2.23. The van der Waals surface area contributed by atoms with Gasteiger partial charge in [0.1, 0.15) is 12.4 Å². The highest BCUT2D eigenvalue weighted by Gasteiger charge is 2.32. The Bertz CT molecular complexity index is 990. The molecule has 0 unspecified atom stereocenters. The summed E-state index contributed by atoms with van der Waals surface area (Å²) >= 11 is 0. The molecule has 1 aromatic heterocycles. The molecule has 0 fully saturated rings. The molecule has 23 heavy (non-hydrogen) atoms. The minimum atomic E-state index is -4.11. The van der Waals surface area contributed by atoms with E-state index in [-0.39, 0.29) is 13.2 Å². The van der Waals surface area contributed by atoms with Crippen LogP contribution >= 0.6 is 0 Å². The molecule has 0 N–H and O–H groups in total. The second-order valence-corrected chi connectivity index (χ2v) is 6.98. The predicted octanol–water partition coefficient (Wildman–Crippen LogP) is -0.328. The van der Waals surface area contributed by atoms with Crippen LogP contribution in [0.25, 0.3) is 0 Å². The zero-order chi connectivity index (χ0) is 16.8. The van der Waals surface area contributed by atoms with Crippen LogP contribution in [0.2, 0.25) is 0 Å². The van der Waals surface area contributed by atoms with Crippen molar-refractivity contribution in [2.45, 2.75) is 4.90 Å². The maximum atomic E-state index is 12.9. The molecule has 1 aliphatic rings. The monoisotopic (exact) mass is 337 g/mol. The van der Waals surface area contributed by atoms with E-state index in [1.54, 1.807) is 24.3 Å². The Labute approximate surface area is 132 Å². The van der Waals surface area contributed by atoms with E-state index < -0.39 is 26.2 Å². The van der Waals surface area contributed by atoms with Crippen molar-refractivity contribution in [3.8, 4) is 5.75 Å². The number of nitrogens with zero attached hydrogens (tertiary/aromatic N) is 3. The van der Waals surface area contributed by atoms with Crippen molar-refractivity contribution in [1.82, 2.24) is 9.13 Å². The molecule has 3 rings (SSSR count). The highest BCUT2D eigenvalue weighted by molar-refractivity contribution is 7.92. The first-order chi connectivity index (χ1) is 10.8. The summed E-state index contributed by atoms with van der Waals surface area (Å²) in [5, 5.41) is 0. The lowest BCUT2D eigenvalue weighted by Gasteiger charge is -2.30. The number of anilines is 1. The van der Waals surface area contributed by atoms with Gasteiger partial charge in [0, 0.05) is 20.3 Å². The van der Waals surface area contributed by atoms with Crippen molar-refractivity contribution in [2.24, 2.45) is 14.1 Å². The summed E-state index contributed by atoms with van der Waals surface area (Å²) in [5.41, 5.74) is -1.07. The normalized spacial score (nSPS) is 14.3. The van der Waals surface area contributed by atoms with Gasteiger partial charge in [0.25, 0.3) is 15.6 Å². The second-order valence-electron chi connectivity index (χ2n) is 5.14. The van der Waals surface area contributed by atoms with Crippen LogP contribution in [-0.2, 0) is 24.1 Å². The molecule has 8 nitrogen and oxygen atoms in total. The van der Waals surface area contributed by atoms with Crippen LogP contribution in [-0.4, -0.2) is 30.7 Å². The van der Waals surface area contributed by atoms with Gasteiger partial charge in [-0.2, -0.15) is 0 Å². The average Bonchev–Trinajstić information content (AvgIpc) is 2.55. The van der Waals surface area contributed by atoms with Crippen LogP contribution in [0.5, 0.6) is 5.75 Å². The minimum absolute atomic E-state index is 0.0886. The fourth-order valence-corrected chi connectivity index (χ4v) is 4.08. The Morgan fingerprint density at radius 3 is 2.57 bits per heavy atom. The highest BCUT2D eigenvalue weighted by Crippen LogP contribution is 2.34. The zero-order valence-electron chi connectivity index (χ0n) is 12.6. The summed E-state index contributed by atoms with van der Waals surface area (Å²) in [6.45, 7) is 0.271.